The first-order valence-corrected chi connectivity index (χ1v) is 4.81. The molecule has 1 aromatic rings. The van der Waals surface area contributed by atoms with E-state index in [4.69, 9.17) is 0 Å². The van der Waals surface area contributed by atoms with Crippen molar-refractivity contribution >= 4 is 5.97 Å². The van der Waals surface area contributed by atoms with Crippen LogP contribution in [-0.2, 0) is 10.2 Å². The van der Waals surface area contributed by atoms with Gasteiger partial charge in [0.2, 0.25) is 5.89 Å². The molecule has 0 aromatic carbocycles. The number of carbonyl (C=O) groups excluding carboxylic acids is 1. The van der Waals surface area contributed by atoms with E-state index >= 15 is 0 Å². The van der Waals surface area contributed by atoms with Gasteiger partial charge in [0.05, 0.1) is 6.61 Å². The zero-order chi connectivity index (χ0) is 13.1. The molecule has 0 aliphatic carbocycles. The lowest BCUT2D eigenvalue weighted by atomic mass is 9.93. The van der Waals surface area contributed by atoms with E-state index in [0.717, 1.165) is 6.92 Å². The summed E-state index contributed by atoms with van der Waals surface area (Å²) in [6.07, 6.45) is -3.03. The largest absolute Gasteiger partial charge is 0.460 e. The minimum absolute atomic E-state index is 0.0813. The van der Waals surface area contributed by atoms with Crippen LogP contribution in [0, 0.1) is 0 Å². The van der Waals surface area contributed by atoms with Crippen molar-refractivity contribution in [3.8, 4) is 0 Å². The van der Waals surface area contributed by atoms with Crippen molar-refractivity contribution in [3.05, 3.63) is 11.7 Å². The average Bonchev–Trinajstić information content (AvgIpc) is 2.77. The van der Waals surface area contributed by atoms with E-state index in [1.54, 1.807) is 6.92 Å². The zero-order valence-electron chi connectivity index (χ0n) is 9.24. The van der Waals surface area contributed by atoms with Crippen LogP contribution in [0.4, 0.5) is 13.2 Å². The molecule has 0 aliphatic heterocycles. The number of carbonyl (C=O) groups is 1. The third-order valence-corrected chi connectivity index (χ3v) is 2.13. The van der Waals surface area contributed by atoms with Crippen molar-refractivity contribution in [2.75, 3.05) is 13.3 Å². The van der Waals surface area contributed by atoms with E-state index in [2.05, 4.69) is 19.4 Å². The second-order valence-corrected chi connectivity index (χ2v) is 3.50. The highest BCUT2D eigenvalue weighted by Gasteiger charge is 2.43. The van der Waals surface area contributed by atoms with Crippen LogP contribution in [0.5, 0.6) is 0 Å². The van der Waals surface area contributed by atoms with E-state index < -0.39 is 36.2 Å². The molecule has 0 spiro atoms. The highest BCUT2D eigenvalue weighted by atomic mass is 19.3. The van der Waals surface area contributed by atoms with Gasteiger partial charge in [0.25, 0.3) is 12.2 Å². The molecule has 1 unspecified atom stereocenters. The number of hydrogen-bond donors (Lipinski definition) is 0. The zero-order valence-corrected chi connectivity index (χ0v) is 9.24. The Morgan fingerprint density at radius 2 is 2.24 bits per heavy atom. The highest BCUT2D eigenvalue weighted by Crippen LogP contribution is 2.30. The monoisotopic (exact) mass is 252 g/mol. The molecule has 1 rings (SSSR count). The first-order chi connectivity index (χ1) is 7.95. The number of nitrogens with zero attached hydrogens (tertiary/aromatic N) is 2. The third-order valence-electron chi connectivity index (χ3n) is 2.13. The SMILES string of the molecule is CCOC(=O)c1noc(C(C)(CF)C(F)F)n1. The lowest BCUT2D eigenvalue weighted by molar-refractivity contribution is 0.0250. The average molecular weight is 252 g/mol. The van der Waals surface area contributed by atoms with Gasteiger partial charge in [-0.2, -0.15) is 4.98 Å². The van der Waals surface area contributed by atoms with E-state index in [1.165, 1.54) is 0 Å². The summed E-state index contributed by atoms with van der Waals surface area (Å²) in [5, 5.41) is 3.17. The van der Waals surface area contributed by atoms with Crippen molar-refractivity contribution in [2.45, 2.75) is 25.7 Å². The Morgan fingerprint density at radius 1 is 1.59 bits per heavy atom. The molecule has 8 heteroatoms. The minimum atomic E-state index is -3.03. The number of aromatic nitrogens is 2. The predicted octanol–water partition coefficient (Wildman–Crippen LogP) is 1.74. The van der Waals surface area contributed by atoms with Crippen LogP contribution in [0.25, 0.3) is 0 Å². The van der Waals surface area contributed by atoms with Gasteiger partial charge < -0.3 is 9.26 Å². The van der Waals surface area contributed by atoms with Crippen LogP contribution >= 0.6 is 0 Å². The fourth-order valence-electron chi connectivity index (χ4n) is 0.943. The molecule has 0 saturated heterocycles. The molecule has 0 radical (unpaired) electrons. The fourth-order valence-corrected chi connectivity index (χ4v) is 0.943. The molecule has 0 amide bonds. The van der Waals surface area contributed by atoms with E-state index in [-0.39, 0.29) is 6.61 Å². The van der Waals surface area contributed by atoms with Gasteiger partial charge in [-0.15, -0.1) is 0 Å². The summed E-state index contributed by atoms with van der Waals surface area (Å²) in [5.74, 6) is -2.03. The lowest BCUT2D eigenvalue weighted by Crippen LogP contribution is -2.33. The second-order valence-electron chi connectivity index (χ2n) is 3.50. The standard InChI is InChI=1S/C9H11F3N2O3/c1-3-16-6(15)5-13-8(17-14-5)9(2,4-10)7(11)12/h7H,3-4H2,1-2H3. The number of halogens is 3. The number of alkyl halides is 3. The van der Waals surface area contributed by atoms with Crippen LogP contribution in [-0.4, -0.2) is 35.8 Å². The van der Waals surface area contributed by atoms with E-state index in [1.807, 2.05) is 0 Å². The maximum Gasteiger partial charge on any atom is 0.379 e. The topological polar surface area (TPSA) is 65.2 Å². The van der Waals surface area contributed by atoms with Crippen LogP contribution in [0.15, 0.2) is 4.52 Å². The molecule has 1 atom stereocenters. The van der Waals surface area contributed by atoms with Gasteiger partial charge in [-0.1, -0.05) is 0 Å². The Balaban J connectivity index is 2.97. The van der Waals surface area contributed by atoms with Crippen molar-refractivity contribution in [1.29, 1.82) is 0 Å². The Morgan fingerprint density at radius 3 is 2.71 bits per heavy atom. The summed E-state index contributed by atoms with van der Waals surface area (Å²) in [6, 6.07) is 0. The summed E-state index contributed by atoms with van der Waals surface area (Å²) in [6.45, 7) is 1.19. The minimum Gasteiger partial charge on any atom is -0.460 e. The van der Waals surface area contributed by atoms with Crippen molar-refractivity contribution in [2.24, 2.45) is 0 Å². The third kappa shape index (κ3) is 2.56. The number of esters is 1. The Hall–Kier alpha value is -1.60. The number of rotatable bonds is 5. The van der Waals surface area contributed by atoms with Gasteiger partial charge in [-0.3, -0.25) is 0 Å². The molecule has 5 nitrogen and oxygen atoms in total. The van der Waals surface area contributed by atoms with Crippen LogP contribution in [0.3, 0.4) is 0 Å². The molecular weight excluding hydrogens is 241 g/mol. The Bertz CT molecular complexity index is 397. The molecule has 96 valence electrons. The molecule has 0 bridgehead atoms. The summed E-state index contributed by atoms with van der Waals surface area (Å²) >= 11 is 0. The van der Waals surface area contributed by atoms with Crippen molar-refractivity contribution < 1.29 is 27.2 Å². The van der Waals surface area contributed by atoms with Gasteiger partial charge in [-0.05, 0) is 19.0 Å². The molecule has 0 N–H and O–H groups in total. The van der Waals surface area contributed by atoms with Crippen molar-refractivity contribution in [3.63, 3.8) is 0 Å². The highest BCUT2D eigenvalue weighted by molar-refractivity contribution is 5.84. The molecule has 1 heterocycles. The number of ether oxygens (including phenoxy) is 1. The number of hydrogen-bond acceptors (Lipinski definition) is 5. The molecule has 0 fully saturated rings. The molecule has 0 saturated carbocycles. The Labute approximate surface area is 94.9 Å². The van der Waals surface area contributed by atoms with Crippen LogP contribution in [0.2, 0.25) is 0 Å². The summed E-state index contributed by atoms with van der Waals surface area (Å²) in [4.78, 5) is 14.6. The van der Waals surface area contributed by atoms with E-state index in [0.29, 0.717) is 0 Å². The van der Waals surface area contributed by atoms with Gasteiger partial charge in [0.1, 0.15) is 12.1 Å². The first kappa shape index (κ1) is 13.5. The smallest absolute Gasteiger partial charge is 0.379 e. The quantitative estimate of drug-likeness (QED) is 0.747. The first-order valence-electron chi connectivity index (χ1n) is 4.81. The molecule has 17 heavy (non-hydrogen) atoms. The lowest BCUT2D eigenvalue weighted by Gasteiger charge is -2.19. The summed E-state index contributed by atoms with van der Waals surface area (Å²) < 4.78 is 46.9. The van der Waals surface area contributed by atoms with E-state index in [9.17, 15) is 18.0 Å². The molecule has 1 aromatic heterocycles. The molecule has 0 aliphatic rings. The van der Waals surface area contributed by atoms with Gasteiger partial charge in [-0.25, -0.2) is 18.0 Å². The van der Waals surface area contributed by atoms with Crippen LogP contribution in [0.1, 0.15) is 30.4 Å². The van der Waals surface area contributed by atoms with Crippen molar-refractivity contribution in [1.82, 2.24) is 10.1 Å². The molecular formula is C9H11F3N2O3. The predicted molar refractivity (Wildman–Crippen MR) is 49.6 cm³/mol. The van der Waals surface area contributed by atoms with Gasteiger partial charge in [0, 0.05) is 0 Å². The summed E-state index contributed by atoms with van der Waals surface area (Å²) in [5.41, 5.74) is -2.21. The van der Waals surface area contributed by atoms with Gasteiger partial charge in [0.15, 0.2) is 0 Å². The fraction of sp³-hybridized carbons (Fsp3) is 0.667. The van der Waals surface area contributed by atoms with Crippen LogP contribution < -0.4 is 0 Å². The Kier molecular flexibility index (Phi) is 4.08. The normalized spacial score (nSPS) is 14.7. The van der Waals surface area contributed by atoms with Gasteiger partial charge >= 0.3 is 5.97 Å². The maximum atomic E-state index is 12.6. The maximum absolute atomic E-state index is 12.6. The summed E-state index contributed by atoms with van der Waals surface area (Å²) in [7, 11) is 0. The second kappa shape index (κ2) is 5.15.